The van der Waals surface area contributed by atoms with E-state index in [0.29, 0.717) is 5.82 Å². The van der Waals surface area contributed by atoms with Crippen molar-refractivity contribution in [3.05, 3.63) is 18.3 Å². The Morgan fingerprint density at radius 3 is 3.12 bits per heavy atom. The number of hydrogen-bond donors (Lipinski definition) is 2. The molecule has 2 heterocycles. The van der Waals surface area contributed by atoms with E-state index in [1.807, 2.05) is 12.1 Å². The van der Waals surface area contributed by atoms with Gasteiger partial charge in [0.05, 0.1) is 5.60 Å². The maximum Gasteiger partial charge on any atom is 0.141 e. The molecule has 1 fully saturated rings. The summed E-state index contributed by atoms with van der Waals surface area (Å²) in [5.74, 6) is 6.06. The zero-order valence-corrected chi connectivity index (χ0v) is 10.4. The Labute approximate surface area is 102 Å². The van der Waals surface area contributed by atoms with Gasteiger partial charge < -0.3 is 15.1 Å². The molecule has 0 amide bonds. The lowest BCUT2D eigenvalue weighted by atomic mass is 9.94. The van der Waals surface area contributed by atoms with Crippen molar-refractivity contribution in [2.75, 3.05) is 30.5 Å². The number of nitrogens with two attached hydrogens (primary N) is 1. The van der Waals surface area contributed by atoms with E-state index in [1.165, 1.54) is 0 Å². The van der Waals surface area contributed by atoms with E-state index in [4.69, 9.17) is 10.6 Å². The van der Waals surface area contributed by atoms with Crippen LogP contribution >= 0.6 is 0 Å². The average molecular weight is 236 g/mol. The molecule has 0 aliphatic carbocycles. The Balaban J connectivity index is 2.16. The minimum atomic E-state index is -0.0577. The highest BCUT2D eigenvalue weighted by molar-refractivity contribution is 5.54. The molecule has 17 heavy (non-hydrogen) atoms. The minimum Gasteiger partial charge on any atom is -0.377 e. The second-order valence-electron chi connectivity index (χ2n) is 4.72. The summed E-state index contributed by atoms with van der Waals surface area (Å²) in [7, 11) is 1.78. The lowest BCUT2D eigenvalue weighted by Gasteiger charge is -2.40. The third-order valence-electron chi connectivity index (χ3n) is 3.41. The maximum absolute atomic E-state index is 5.59. The lowest BCUT2D eigenvalue weighted by Crippen LogP contribution is -2.47. The second kappa shape index (κ2) is 4.89. The molecule has 1 aromatic rings. The van der Waals surface area contributed by atoms with E-state index in [2.05, 4.69) is 22.2 Å². The minimum absolute atomic E-state index is 0.0577. The number of hydrazine groups is 1. The number of rotatable bonds is 3. The number of methoxy groups -OCH3 is 1. The fourth-order valence-corrected chi connectivity index (χ4v) is 2.29. The largest absolute Gasteiger partial charge is 0.377 e. The van der Waals surface area contributed by atoms with E-state index in [0.717, 1.165) is 31.6 Å². The van der Waals surface area contributed by atoms with Gasteiger partial charge in [-0.1, -0.05) is 0 Å². The van der Waals surface area contributed by atoms with Crippen molar-refractivity contribution in [3.8, 4) is 0 Å². The van der Waals surface area contributed by atoms with Crippen molar-refractivity contribution in [1.29, 1.82) is 0 Å². The molecular formula is C12H20N4O. The Hall–Kier alpha value is -1.33. The van der Waals surface area contributed by atoms with Crippen LogP contribution in [0.1, 0.15) is 19.8 Å². The normalized spacial score (nSPS) is 24.8. The summed E-state index contributed by atoms with van der Waals surface area (Å²) in [6.07, 6.45) is 4.01. The lowest BCUT2D eigenvalue weighted by molar-refractivity contribution is -0.00465. The van der Waals surface area contributed by atoms with E-state index >= 15 is 0 Å². The molecule has 1 atom stereocenters. The van der Waals surface area contributed by atoms with Gasteiger partial charge in [0.1, 0.15) is 5.82 Å². The van der Waals surface area contributed by atoms with Crippen LogP contribution in [0.2, 0.25) is 0 Å². The van der Waals surface area contributed by atoms with Crippen LogP contribution in [0.5, 0.6) is 0 Å². The van der Waals surface area contributed by atoms with Crippen molar-refractivity contribution in [2.24, 2.45) is 5.84 Å². The SMILES string of the molecule is COC1(C)CCCN(c2ccnc(NN)c2)C1. The molecule has 0 radical (unpaired) electrons. The molecule has 1 aromatic heterocycles. The van der Waals surface area contributed by atoms with Gasteiger partial charge in [-0.3, -0.25) is 0 Å². The molecule has 0 bridgehead atoms. The quantitative estimate of drug-likeness (QED) is 0.613. The number of piperidine rings is 1. The number of anilines is 2. The number of nitrogens with one attached hydrogen (secondary N) is 1. The first-order chi connectivity index (χ1) is 8.17. The van der Waals surface area contributed by atoms with Gasteiger partial charge in [0.15, 0.2) is 0 Å². The van der Waals surface area contributed by atoms with Gasteiger partial charge in [-0.05, 0) is 25.8 Å². The molecule has 1 unspecified atom stereocenters. The molecule has 1 saturated heterocycles. The van der Waals surface area contributed by atoms with Crippen molar-refractivity contribution in [3.63, 3.8) is 0 Å². The van der Waals surface area contributed by atoms with Crippen LogP contribution in [-0.4, -0.2) is 30.8 Å². The zero-order chi connectivity index (χ0) is 12.3. The second-order valence-corrected chi connectivity index (χ2v) is 4.72. The van der Waals surface area contributed by atoms with Crippen LogP contribution in [0.4, 0.5) is 11.5 Å². The predicted octanol–water partition coefficient (Wildman–Crippen LogP) is 1.37. The molecule has 94 valence electrons. The Morgan fingerprint density at radius 1 is 1.59 bits per heavy atom. The first-order valence-corrected chi connectivity index (χ1v) is 5.90. The topological polar surface area (TPSA) is 63.4 Å². The molecule has 1 aliphatic heterocycles. The molecule has 0 saturated carbocycles. The molecule has 5 nitrogen and oxygen atoms in total. The van der Waals surface area contributed by atoms with Gasteiger partial charge in [0.2, 0.25) is 0 Å². The fourth-order valence-electron chi connectivity index (χ4n) is 2.29. The maximum atomic E-state index is 5.59. The molecule has 5 heteroatoms. The Kier molecular flexibility index (Phi) is 3.49. The van der Waals surface area contributed by atoms with Crippen LogP contribution < -0.4 is 16.2 Å². The highest BCUT2D eigenvalue weighted by atomic mass is 16.5. The fraction of sp³-hybridized carbons (Fsp3) is 0.583. The number of pyridine rings is 1. The van der Waals surface area contributed by atoms with Gasteiger partial charge in [0, 0.05) is 38.1 Å². The van der Waals surface area contributed by atoms with Crippen molar-refractivity contribution < 1.29 is 4.74 Å². The predicted molar refractivity (Wildman–Crippen MR) is 68.9 cm³/mol. The average Bonchev–Trinajstić information content (AvgIpc) is 2.39. The van der Waals surface area contributed by atoms with E-state index in [1.54, 1.807) is 13.3 Å². The highest BCUT2D eigenvalue weighted by Gasteiger charge is 2.30. The van der Waals surface area contributed by atoms with Crippen molar-refractivity contribution in [1.82, 2.24) is 4.98 Å². The molecule has 0 aromatic carbocycles. The number of ether oxygens (including phenoxy) is 1. The van der Waals surface area contributed by atoms with Gasteiger partial charge in [-0.2, -0.15) is 0 Å². The number of nitrogen functional groups attached to an aromatic ring is 1. The summed E-state index contributed by atoms with van der Waals surface area (Å²) in [6.45, 7) is 4.10. The molecule has 1 aliphatic rings. The van der Waals surface area contributed by atoms with Crippen LogP contribution in [0.15, 0.2) is 18.3 Å². The van der Waals surface area contributed by atoms with Gasteiger partial charge in [0.25, 0.3) is 0 Å². The van der Waals surface area contributed by atoms with Crippen LogP contribution in [-0.2, 0) is 4.74 Å². The summed E-state index contributed by atoms with van der Waals surface area (Å²) in [4.78, 5) is 6.43. The van der Waals surface area contributed by atoms with Crippen LogP contribution in [0.3, 0.4) is 0 Å². The van der Waals surface area contributed by atoms with Crippen LogP contribution in [0.25, 0.3) is 0 Å². The number of hydrogen-bond acceptors (Lipinski definition) is 5. The molecular weight excluding hydrogens is 216 g/mol. The van der Waals surface area contributed by atoms with E-state index in [-0.39, 0.29) is 5.60 Å². The molecule has 0 spiro atoms. The number of aromatic nitrogens is 1. The van der Waals surface area contributed by atoms with E-state index < -0.39 is 0 Å². The van der Waals surface area contributed by atoms with Crippen LogP contribution in [0, 0.1) is 0 Å². The summed E-state index contributed by atoms with van der Waals surface area (Å²) in [6, 6.07) is 3.96. The smallest absolute Gasteiger partial charge is 0.141 e. The first kappa shape index (κ1) is 12.1. The Bertz CT molecular complexity index is 385. The monoisotopic (exact) mass is 236 g/mol. The van der Waals surface area contributed by atoms with Gasteiger partial charge in [-0.15, -0.1) is 0 Å². The standard InChI is InChI=1S/C12H20N4O/c1-12(17-2)5-3-7-16(9-12)10-4-6-14-11(8-10)15-13/h4,6,8H,3,5,7,9,13H2,1-2H3,(H,14,15). The third-order valence-corrected chi connectivity index (χ3v) is 3.41. The van der Waals surface area contributed by atoms with Crippen molar-refractivity contribution >= 4 is 11.5 Å². The van der Waals surface area contributed by atoms with Gasteiger partial charge in [-0.25, -0.2) is 10.8 Å². The molecule has 2 rings (SSSR count). The van der Waals surface area contributed by atoms with Crippen molar-refractivity contribution in [2.45, 2.75) is 25.4 Å². The summed E-state index contributed by atoms with van der Waals surface area (Å²) < 4.78 is 5.59. The molecule has 3 N–H and O–H groups in total. The first-order valence-electron chi connectivity index (χ1n) is 5.90. The zero-order valence-electron chi connectivity index (χ0n) is 10.4. The summed E-state index contributed by atoms with van der Waals surface area (Å²) in [5, 5.41) is 0. The third kappa shape index (κ3) is 2.68. The highest BCUT2D eigenvalue weighted by Crippen LogP contribution is 2.28. The Morgan fingerprint density at radius 2 is 2.41 bits per heavy atom. The summed E-state index contributed by atoms with van der Waals surface area (Å²) >= 11 is 0. The van der Waals surface area contributed by atoms with Gasteiger partial charge >= 0.3 is 0 Å². The summed E-state index contributed by atoms with van der Waals surface area (Å²) in [5.41, 5.74) is 3.65. The van der Waals surface area contributed by atoms with E-state index in [9.17, 15) is 0 Å². The number of nitrogens with zero attached hydrogens (tertiary/aromatic N) is 2.